The van der Waals surface area contributed by atoms with Crippen molar-refractivity contribution in [1.29, 1.82) is 0 Å². The highest BCUT2D eigenvalue weighted by Crippen LogP contribution is 2.43. The third-order valence-electron chi connectivity index (χ3n) is 5.97. The molecule has 0 heterocycles. The van der Waals surface area contributed by atoms with Gasteiger partial charge in [-0.15, -0.1) is 0 Å². The minimum atomic E-state index is -0.754. The number of methoxy groups -OCH3 is 1. The molecule has 2 atom stereocenters. The van der Waals surface area contributed by atoms with E-state index in [2.05, 4.69) is 5.32 Å². The average Bonchev–Trinajstić information content (AvgIpc) is 3.25. The molecule has 0 radical (unpaired) electrons. The molecule has 1 amide bonds. The van der Waals surface area contributed by atoms with Crippen LogP contribution in [0.5, 0.6) is 5.75 Å². The maximum absolute atomic E-state index is 13.2. The molecule has 2 aliphatic carbocycles. The Labute approximate surface area is 148 Å². The van der Waals surface area contributed by atoms with E-state index in [1.807, 2.05) is 25.1 Å². The summed E-state index contributed by atoms with van der Waals surface area (Å²) in [6, 6.07) is 6.02. The van der Waals surface area contributed by atoms with Gasteiger partial charge in [0.25, 0.3) is 0 Å². The number of rotatable bonds is 5. The zero-order valence-corrected chi connectivity index (χ0v) is 15.0. The van der Waals surface area contributed by atoms with Gasteiger partial charge in [-0.05, 0) is 56.2 Å². The van der Waals surface area contributed by atoms with Crippen LogP contribution in [0.4, 0.5) is 0 Å². The monoisotopic (exact) mass is 345 g/mol. The van der Waals surface area contributed by atoms with E-state index < -0.39 is 11.4 Å². The molecule has 0 unspecified atom stereocenters. The van der Waals surface area contributed by atoms with E-state index in [1.165, 1.54) is 0 Å². The molecule has 2 N–H and O–H groups in total. The van der Waals surface area contributed by atoms with Gasteiger partial charge < -0.3 is 15.2 Å². The van der Waals surface area contributed by atoms with Crippen LogP contribution < -0.4 is 10.1 Å². The molecule has 0 bridgehead atoms. The van der Waals surface area contributed by atoms with Crippen LogP contribution in [0.25, 0.3) is 0 Å². The van der Waals surface area contributed by atoms with Crippen LogP contribution >= 0.6 is 0 Å². The molecule has 5 nitrogen and oxygen atoms in total. The maximum Gasteiger partial charge on any atom is 0.306 e. The van der Waals surface area contributed by atoms with Crippen LogP contribution in [0.15, 0.2) is 18.2 Å². The van der Waals surface area contributed by atoms with Gasteiger partial charge in [0.05, 0.1) is 18.4 Å². The molecule has 25 heavy (non-hydrogen) atoms. The van der Waals surface area contributed by atoms with Gasteiger partial charge in [-0.2, -0.15) is 0 Å². The number of nitrogens with one attached hydrogen (secondary N) is 1. The van der Waals surface area contributed by atoms with Gasteiger partial charge >= 0.3 is 5.97 Å². The van der Waals surface area contributed by atoms with Gasteiger partial charge in [0.1, 0.15) is 5.75 Å². The molecule has 0 aliphatic heterocycles. The minimum absolute atomic E-state index is 0.0292. The van der Waals surface area contributed by atoms with E-state index in [4.69, 9.17) is 9.84 Å². The molecule has 1 aromatic rings. The molecule has 136 valence electrons. The van der Waals surface area contributed by atoms with Crippen molar-refractivity contribution in [3.8, 4) is 5.75 Å². The summed E-state index contributed by atoms with van der Waals surface area (Å²) in [4.78, 5) is 24.3. The highest BCUT2D eigenvalue weighted by atomic mass is 16.5. The maximum atomic E-state index is 13.2. The van der Waals surface area contributed by atoms with Gasteiger partial charge in [-0.1, -0.05) is 25.0 Å². The number of aryl methyl sites for hydroxylation is 1. The first-order valence-electron chi connectivity index (χ1n) is 9.15. The van der Waals surface area contributed by atoms with Crippen LogP contribution in [0.3, 0.4) is 0 Å². The quantitative estimate of drug-likeness (QED) is 0.859. The lowest BCUT2D eigenvalue weighted by Crippen LogP contribution is -2.46. The number of amides is 1. The smallest absolute Gasteiger partial charge is 0.306 e. The number of ether oxygens (including phenoxy) is 1. The van der Waals surface area contributed by atoms with E-state index in [9.17, 15) is 9.59 Å². The predicted molar refractivity (Wildman–Crippen MR) is 94.8 cm³/mol. The topological polar surface area (TPSA) is 75.6 Å². The van der Waals surface area contributed by atoms with Crippen molar-refractivity contribution in [2.45, 2.75) is 63.3 Å². The highest BCUT2D eigenvalue weighted by Gasteiger charge is 2.44. The van der Waals surface area contributed by atoms with E-state index in [-0.39, 0.29) is 17.9 Å². The van der Waals surface area contributed by atoms with Crippen molar-refractivity contribution in [2.75, 3.05) is 7.11 Å². The van der Waals surface area contributed by atoms with Crippen molar-refractivity contribution in [3.63, 3.8) is 0 Å². The fourth-order valence-corrected chi connectivity index (χ4v) is 4.40. The standard InChI is InChI=1S/C20H27NO4/c1-13-5-7-15(12-17(13)25-2)20(9-3-4-10-20)19(24)21-16-8-6-14(11-16)18(22)23/h5,7,12,14,16H,3-4,6,8-11H2,1-2H3,(H,21,24)(H,22,23)/t14-,16+/m1/s1. The third kappa shape index (κ3) is 3.37. The molecule has 0 spiro atoms. The average molecular weight is 345 g/mol. The number of hydrogen-bond acceptors (Lipinski definition) is 3. The number of aliphatic carboxylic acids is 1. The second-order valence-corrected chi connectivity index (χ2v) is 7.49. The SMILES string of the molecule is COc1cc(C2(C(=O)N[C@H]3CC[C@@H](C(=O)O)C3)CCCC2)ccc1C. The number of carbonyl (C=O) groups excluding carboxylic acids is 1. The fourth-order valence-electron chi connectivity index (χ4n) is 4.40. The van der Waals surface area contributed by atoms with Crippen LogP contribution in [0.1, 0.15) is 56.1 Å². The zero-order valence-electron chi connectivity index (χ0n) is 15.0. The summed E-state index contributed by atoms with van der Waals surface area (Å²) in [5.41, 5.74) is 1.56. The van der Waals surface area contributed by atoms with Gasteiger partial charge in [-0.3, -0.25) is 9.59 Å². The number of benzene rings is 1. The second-order valence-electron chi connectivity index (χ2n) is 7.49. The Hall–Kier alpha value is -2.04. The number of carboxylic acids is 1. The second kappa shape index (κ2) is 7.06. The summed E-state index contributed by atoms with van der Waals surface area (Å²) >= 11 is 0. The van der Waals surface area contributed by atoms with Crippen molar-refractivity contribution in [2.24, 2.45) is 5.92 Å². The molecular formula is C20H27NO4. The minimum Gasteiger partial charge on any atom is -0.496 e. The Morgan fingerprint density at radius 2 is 1.96 bits per heavy atom. The first kappa shape index (κ1) is 17.8. The molecule has 3 rings (SSSR count). The first-order valence-corrected chi connectivity index (χ1v) is 9.15. The lowest BCUT2D eigenvalue weighted by atomic mass is 9.77. The summed E-state index contributed by atoms with van der Waals surface area (Å²) in [6.07, 6.45) is 5.66. The van der Waals surface area contributed by atoms with Crippen LogP contribution in [-0.4, -0.2) is 30.1 Å². The Kier molecular flexibility index (Phi) is 5.02. The van der Waals surface area contributed by atoms with Gasteiger partial charge in [0.15, 0.2) is 0 Å². The van der Waals surface area contributed by atoms with Gasteiger partial charge in [0.2, 0.25) is 5.91 Å². The Balaban J connectivity index is 1.81. The van der Waals surface area contributed by atoms with Crippen LogP contribution in [0, 0.1) is 12.8 Å². The largest absolute Gasteiger partial charge is 0.496 e. The van der Waals surface area contributed by atoms with Crippen LogP contribution in [-0.2, 0) is 15.0 Å². The van der Waals surface area contributed by atoms with Crippen molar-refractivity contribution >= 4 is 11.9 Å². The lowest BCUT2D eigenvalue weighted by Gasteiger charge is -2.30. The summed E-state index contributed by atoms with van der Waals surface area (Å²) in [5, 5.41) is 12.3. The number of hydrogen-bond donors (Lipinski definition) is 2. The molecule has 2 aliphatic rings. The van der Waals surface area contributed by atoms with E-state index >= 15 is 0 Å². The molecule has 0 aromatic heterocycles. The molecular weight excluding hydrogens is 318 g/mol. The number of carboxylic acid groups (broad SMARTS) is 1. The normalized spacial score (nSPS) is 24.9. The predicted octanol–water partition coefficient (Wildman–Crippen LogP) is 3.18. The summed E-state index contributed by atoms with van der Waals surface area (Å²) in [6.45, 7) is 1.99. The van der Waals surface area contributed by atoms with Crippen molar-refractivity contribution in [1.82, 2.24) is 5.32 Å². The Morgan fingerprint density at radius 1 is 1.24 bits per heavy atom. The Morgan fingerprint density at radius 3 is 2.56 bits per heavy atom. The van der Waals surface area contributed by atoms with E-state index in [1.54, 1.807) is 7.11 Å². The highest BCUT2D eigenvalue weighted by molar-refractivity contribution is 5.89. The van der Waals surface area contributed by atoms with E-state index in [0.717, 1.165) is 49.0 Å². The lowest BCUT2D eigenvalue weighted by molar-refractivity contribution is -0.141. The van der Waals surface area contributed by atoms with Crippen molar-refractivity contribution < 1.29 is 19.4 Å². The fraction of sp³-hybridized carbons (Fsp3) is 0.600. The summed E-state index contributed by atoms with van der Waals surface area (Å²) in [5.74, 6) is -0.227. The number of carbonyl (C=O) groups is 2. The van der Waals surface area contributed by atoms with Crippen molar-refractivity contribution in [3.05, 3.63) is 29.3 Å². The third-order valence-corrected chi connectivity index (χ3v) is 5.97. The molecule has 0 saturated heterocycles. The molecule has 5 heteroatoms. The Bertz CT molecular complexity index is 664. The molecule has 2 fully saturated rings. The first-order chi connectivity index (χ1) is 12.0. The summed E-state index contributed by atoms with van der Waals surface area (Å²) in [7, 11) is 1.65. The van der Waals surface area contributed by atoms with Crippen LogP contribution in [0.2, 0.25) is 0 Å². The zero-order chi connectivity index (χ0) is 18.0. The van der Waals surface area contributed by atoms with Gasteiger partial charge in [0, 0.05) is 6.04 Å². The molecule has 1 aromatic carbocycles. The summed E-state index contributed by atoms with van der Waals surface area (Å²) < 4.78 is 5.45. The van der Waals surface area contributed by atoms with Gasteiger partial charge in [-0.25, -0.2) is 0 Å². The molecule has 2 saturated carbocycles. The van der Waals surface area contributed by atoms with E-state index in [0.29, 0.717) is 12.8 Å².